The molecule has 6 aromatic rings. The topological polar surface area (TPSA) is 72.5 Å². The van der Waals surface area contributed by atoms with E-state index in [1.54, 1.807) is 0 Å². The highest BCUT2D eigenvalue weighted by molar-refractivity contribution is 5.61. The van der Waals surface area contributed by atoms with Gasteiger partial charge in [0.15, 0.2) is 12.2 Å². The molecule has 0 fully saturated rings. The van der Waals surface area contributed by atoms with Crippen LogP contribution in [0.4, 0.5) is 11.4 Å². The van der Waals surface area contributed by atoms with Crippen LogP contribution in [0, 0.1) is 50.4 Å². The molecule has 0 N–H and O–H groups in total. The van der Waals surface area contributed by atoms with Gasteiger partial charge >= 0.3 is 0 Å². The van der Waals surface area contributed by atoms with Crippen molar-refractivity contribution in [3.05, 3.63) is 189 Å². The SMILES string of the molecule is Cc1cc([C@@H](Oc2ccccc2)c2ccc(C#N)cc2)c(N(C)C)cc1C.Cc1cc([C@H](Oc2ccccc2)c2ccc(C#N)cc2)c(N(C)C)cc1C. The van der Waals surface area contributed by atoms with Crippen LogP contribution in [0.3, 0.4) is 0 Å². The van der Waals surface area contributed by atoms with Crippen LogP contribution in [0.15, 0.2) is 133 Å². The van der Waals surface area contributed by atoms with Crippen LogP contribution >= 0.6 is 0 Å². The largest absolute Gasteiger partial charge is 0.481 e. The summed E-state index contributed by atoms with van der Waals surface area (Å²) in [4.78, 5) is 4.24. The Hall–Kier alpha value is -6.50. The van der Waals surface area contributed by atoms with Gasteiger partial charge in [-0.3, -0.25) is 0 Å². The van der Waals surface area contributed by atoms with E-state index in [-0.39, 0.29) is 12.2 Å². The quantitative estimate of drug-likeness (QED) is 0.141. The van der Waals surface area contributed by atoms with E-state index in [0.717, 1.165) is 45.1 Å². The second-order valence-corrected chi connectivity index (χ2v) is 13.9. The predicted octanol–water partition coefficient (Wildman–Crippen LogP) is 10.8. The summed E-state index contributed by atoms with van der Waals surface area (Å²) >= 11 is 0. The molecule has 6 aromatic carbocycles. The average molecular weight is 713 g/mol. The first-order valence-electron chi connectivity index (χ1n) is 18.0. The lowest BCUT2D eigenvalue weighted by Crippen LogP contribution is -2.17. The zero-order valence-corrected chi connectivity index (χ0v) is 32.5. The van der Waals surface area contributed by atoms with Crippen LogP contribution in [-0.4, -0.2) is 28.2 Å². The van der Waals surface area contributed by atoms with Crippen molar-refractivity contribution < 1.29 is 9.47 Å². The van der Waals surface area contributed by atoms with E-state index in [9.17, 15) is 0 Å². The zero-order valence-electron chi connectivity index (χ0n) is 32.5. The van der Waals surface area contributed by atoms with Crippen molar-refractivity contribution in [1.82, 2.24) is 0 Å². The Bertz CT molecular complexity index is 2070. The van der Waals surface area contributed by atoms with Crippen molar-refractivity contribution in [3.8, 4) is 23.6 Å². The first-order chi connectivity index (χ1) is 26.0. The fourth-order valence-corrected chi connectivity index (χ4v) is 6.20. The van der Waals surface area contributed by atoms with E-state index >= 15 is 0 Å². The first kappa shape index (κ1) is 38.7. The number of ether oxygens (including phenoxy) is 2. The lowest BCUT2D eigenvalue weighted by Gasteiger charge is -2.27. The molecule has 6 nitrogen and oxygen atoms in total. The molecule has 6 heteroatoms. The molecule has 0 aliphatic carbocycles. The van der Waals surface area contributed by atoms with Crippen LogP contribution in [-0.2, 0) is 0 Å². The third kappa shape index (κ3) is 9.48. The minimum Gasteiger partial charge on any atom is -0.481 e. The van der Waals surface area contributed by atoms with Gasteiger partial charge in [0, 0.05) is 50.7 Å². The van der Waals surface area contributed by atoms with Gasteiger partial charge in [-0.1, -0.05) is 60.7 Å². The Morgan fingerprint density at radius 3 is 1.06 bits per heavy atom. The normalized spacial score (nSPS) is 11.5. The highest BCUT2D eigenvalue weighted by Crippen LogP contribution is 2.37. The number of hydrogen-bond acceptors (Lipinski definition) is 6. The Labute approximate surface area is 321 Å². The van der Waals surface area contributed by atoms with Crippen molar-refractivity contribution in [2.45, 2.75) is 39.9 Å². The van der Waals surface area contributed by atoms with Crippen LogP contribution in [0.25, 0.3) is 0 Å². The van der Waals surface area contributed by atoms with Crippen molar-refractivity contribution in [3.63, 3.8) is 0 Å². The van der Waals surface area contributed by atoms with Crippen LogP contribution < -0.4 is 19.3 Å². The molecule has 0 aliphatic rings. The second-order valence-electron chi connectivity index (χ2n) is 13.9. The van der Waals surface area contributed by atoms with E-state index in [1.807, 2.05) is 137 Å². The number of anilines is 2. The summed E-state index contributed by atoms with van der Waals surface area (Å²) in [5.41, 5.74) is 12.8. The van der Waals surface area contributed by atoms with Gasteiger partial charge in [-0.05, 0) is 134 Å². The number of benzene rings is 6. The molecule has 0 amide bonds. The van der Waals surface area contributed by atoms with Crippen LogP contribution in [0.5, 0.6) is 11.5 Å². The molecule has 0 bridgehead atoms. The zero-order chi connectivity index (χ0) is 38.8. The molecule has 2 atom stereocenters. The van der Waals surface area contributed by atoms with Crippen molar-refractivity contribution in [2.75, 3.05) is 38.0 Å². The minimum atomic E-state index is -0.267. The summed E-state index contributed by atoms with van der Waals surface area (Å²) in [5.74, 6) is 1.63. The third-order valence-corrected chi connectivity index (χ3v) is 9.49. The van der Waals surface area contributed by atoms with Gasteiger partial charge in [0.2, 0.25) is 0 Å². The third-order valence-electron chi connectivity index (χ3n) is 9.49. The van der Waals surface area contributed by atoms with E-state index in [1.165, 1.54) is 22.3 Å². The number of nitrogens with zero attached hydrogens (tertiary/aromatic N) is 4. The van der Waals surface area contributed by atoms with Crippen molar-refractivity contribution in [1.29, 1.82) is 10.5 Å². The fourth-order valence-electron chi connectivity index (χ4n) is 6.20. The molecule has 0 aromatic heterocycles. The molecule has 54 heavy (non-hydrogen) atoms. The maximum Gasteiger partial charge on any atom is 0.151 e. The van der Waals surface area contributed by atoms with Gasteiger partial charge in [-0.2, -0.15) is 10.5 Å². The highest BCUT2D eigenvalue weighted by atomic mass is 16.5. The smallest absolute Gasteiger partial charge is 0.151 e. The minimum absolute atomic E-state index is 0.267. The van der Waals surface area contributed by atoms with Gasteiger partial charge in [0.1, 0.15) is 11.5 Å². The van der Waals surface area contributed by atoms with Gasteiger partial charge in [-0.15, -0.1) is 0 Å². The lowest BCUT2D eigenvalue weighted by molar-refractivity contribution is 0.247. The van der Waals surface area contributed by atoms with E-state index in [0.29, 0.717) is 11.1 Å². The lowest BCUT2D eigenvalue weighted by atomic mass is 9.94. The Kier molecular flexibility index (Phi) is 12.8. The Balaban J connectivity index is 0.000000208. The van der Waals surface area contributed by atoms with Gasteiger partial charge in [0.25, 0.3) is 0 Å². The van der Waals surface area contributed by atoms with Gasteiger partial charge in [-0.25, -0.2) is 0 Å². The average Bonchev–Trinajstić information content (AvgIpc) is 3.19. The molecule has 0 spiro atoms. The summed E-state index contributed by atoms with van der Waals surface area (Å²) in [5, 5.41) is 18.2. The van der Waals surface area contributed by atoms with Crippen LogP contribution in [0.2, 0.25) is 0 Å². The summed E-state index contributed by atoms with van der Waals surface area (Å²) in [6, 6.07) is 48.1. The highest BCUT2D eigenvalue weighted by Gasteiger charge is 2.23. The monoisotopic (exact) mass is 712 g/mol. The maximum atomic E-state index is 9.12. The Morgan fingerprint density at radius 2 is 0.759 bits per heavy atom. The summed E-state index contributed by atoms with van der Waals surface area (Å²) in [6.45, 7) is 8.50. The number of para-hydroxylation sites is 2. The summed E-state index contributed by atoms with van der Waals surface area (Å²) in [6.07, 6.45) is -0.534. The molecular weight excluding hydrogens is 665 g/mol. The molecular formula is C48H48N4O2. The number of hydrogen-bond donors (Lipinski definition) is 0. The maximum absolute atomic E-state index is 9.12. The summed E-state index contributed by atoms with van der Waals surface area (Å²) < 4.78 is 12.9. The Morgan fingerprint density at radius 1 is 0.444 bits per heavy atom. The molecule has 0 saturated carbocycles. The number of rotatable bonds is 10. The first-order valence-corrected chi connectivity index (χ1v) is 18.0. The van der Waals surface area contributed by atoms with Crippen LogP contribution in [0.1, 0.15) is 67.8 Å². The van der Waals surface area contributed by atoms with E-state index in [2.05, 4.69) is 73.9 Å². The van der Waals surface area contributed by atoms with E-state index < -0.39 is 0 Å². The molecule has 0 radical (unpaired) electrons. The molecule has 0 unspecified atom stereocenters. The molecule has 0 saturated heterocycles. The molecule has 0 heterocycles. The van der Waals surface area contributed by atoms with Crippen molar-refractivity contribution in [2.24, 2.45) is 0 Å². The predicted molar refractivity (Wildman–Crippen MR) is 221 cm³/mol. The van der Waals surface area contributed by atoms with Gasteiger partial charge in [0.05, 0.1) is 23.3 Å². The summed E-state index contributed by atoms with van der Waals surface area (Å²) in [7, 11) is 8.19. The molecule has 272 valence electrons. The fraction of sp³-hybridized carbons (Fsp3) is 0.208. The van der Waals surface area contributed by atoms with Gasteiger partial charge < -0.3 is 19.3 Å². The molecule has 0 aliphatic heterocycles. The second kappa shape index (κ2) is 17.8. The van der Waals surface area contributed by atoms with Crippen molar-refractivity contribution >= 4 is 11.4 Å². The van der Waals surface area contributed by atoms with E-state index in [4.69, 9.17) is 20.0 Å². The standard InChI is InChI=1S/2C24H24N2O/c2*1-17-14-22(23(26(3)4)15-18(17)2)24(27-21-8-6-5-7-9-21)20-12-10-19(16-25)11-13-20/h2*5-15,24H,1-4H3/t2*24-/m10/s1. The molecule has 6 rings (SSSR count). The number of aryl methyl sites for hydroxylation is 4. The number of nitriles is 2.